The van der Waals surface area contributed by atoms with E-state index in [9.17, 15) is 9.59 Å². The number of rotatable bonds is 7. The van der Waals surface area contributed by atoms with E-state index < -0.39 is 5.91 Å². The number of anilines is 1. The highest BCUT2D eigenvalue weighted by atomic mass is 32.2. The van der Waals surface area contributed by atoms with Gasteiger partial charge in [0, 0.05) is 16.9 Å². The van der Waals surface area contributed by atoms with Crippen molar-refractivity contribution in [3.63, 3.8) is 0 Å². The first-order valence-corrected chi connectivity index (χ1v) is 9.96. The minimum Gasteiger partial charge on any atom is -0.497 e. The van der Waals surface area contributed by atoms with Gasteiger partial charge in [-0.25, -0.2) is 4.90 Å². The van der Waals surface area contributed by atoms with Gasteiger partial charge in [0.2, 0.25) is 0 Å². The summed E-state index contributed by atoms with van der Waals surface area (Å²) in [6.07, 6.45) is 0. The highest BCUT2D eigenvalue weighted by molar-refractivity contribution is 8.04. The number of thioether (sulfide) groups is 1. The van der Waals surface area contributed by atoms with Crippen LogP contribution in [0.1, 0.15) is 19.4 Å². The maximum absolute atomic E-state index is 13.5. The quantitative estimate of drug-likeness (QED) is 0.636. The SMILES string of the molecule is COc1ccc(N2C(=O)C(SC(C)C)=C(c3ccccc3OC)C2=O)c(OC)c1. The molecule has 0 atom stereocenters. The largest absolute Gasteiger partial charge is 0.497 e. The van der Waals surface area contributed by atoms with Gasteiger partial charge in [-0.05, 0) is 18.2 Å². The summed E-state index contributed by atoms with van der Waals surface area (Å²) in [4.78, 5) is 28.4. The van der Waals surface area contributed by atoms with Crippen LogP contribution in [0.4, 0.5) is 5.69 Å². The molecule has 29 heavy (non-hydrogen) atoms. The Hall–Kier alpha value is -2.93. The van der Waals surface area contributed by atoms with E-state index in [1.54, 1.807) is 44.6 Å². The first kappa shape index (κ1) is 20.8. The fourth-order valence-electron chi connectivity index (χ4n) is 3.13. The molecule has 0 saturated heterocycles. The van der Waals surface area contributed by atoms with Crippen molar-refractivity contribution in [1.82, 2.24) is 0 Å². The molecular weight excluding hydrogens is 390 g/mol. The second-order valence-electron chi connectivity index (χ2n) is 6.55. The second-order valence-corrected chi connectivity index (χ2v) is 8.14. The summed E-state index contributed by atoms with van der Waals surface area (Å²) >= 11 is 1.36. The highest BCUT2D eigenvalue weighted by Gasteiger charge is 2.42. The molecule has 0 aliphatic carbocycles. The van der Waals surface area contributed by atoms with Crippen LogP contribution < -0.4 is 19.1 Å². The molecule has 2 aromatic rings. The molecule has 6 nitrogen and oxygen atoms in total. The molecular formula is C22H23NO5S. The lowest BCUT2D eigenvalue weighted by molar-refractivity contribution is -0.119. The van der Waals surface area contributed by atoms with Gasteiger partial charge in [-0.15, -0.1) is 11.8 Å². The zero-order valence-electron chi connectivity index (χ0n) is 17.0. The monoisotopic (exact) mass is 413 g/mol. The van der Waals surface area contributed by atoms with Crippen molar-refractivity contribution in [3.05, 3.63) is 52.9 Å². The lowest BCUT2D eigenvalue weighted by Crippen LogP contribution is -2.31. The summed E-state index contributed by atoms with van der Waals surface area (Å²) in [6, 6.07) is 12.2. The number of methoxy groups -OCH3 is 3. The Kier molecular flexibility index (Phi) is 6.17. The first-order valence-electron chi connectivity index (χ1n) is 9.08. The van der Waals surface area contributed by atoms with Crippen LogP contribution >= 0.6 is 11.8 Å². The Labute approximate surface area is 174 Å². The van der Waals surface area contributed by atoms with Gasteiger partial charge in [-0.3, -0.25) is 9.59 Å². The van der Waals surface area contributed by atoms with Crippen molar-refractivity contribution in [1.29, 1.82) is 0 Å². The lowest BCUT2D eigenvalue weighted by atomic mass is 10.0. The van der Waals surface area contributed by atoms with Gasteiger partial charge in [0.25, 0.3) is 11.8 Å². The van der Waals surface area contributed by atoms with E-state index in [4.69, 9.17) is 14.2 Å². The minimum atomic E-state index is -0.411. The van der Waals surface area contributed by atoms with Crippen LogP contribution in [0.15, 0.2) is 47.4 Å². The van der Waals surface area contributed by atoms with E-state index in [2.05, 4.69) is 0 Å². The lowest BCUT2D eigenvalue weighted by Gasteiger charge is -2.19. The Morgan fingerprint density at radius 2 is 1.55 bits per heavy atom. The zero-order chi connectivity index (χ0) is 21.1. The van der Waals surface area contributed by atoms with Gasteiger partial charge in [-0.2, -0.15) is 0 Å². The van der Waals surface area contributed by atoms with Crippen molar-refractivity contribution in [2.45, 2.75) is 19.1 Å². The van der Waals surface area contributed by atoms with Crippen LogP contribution in [-0.4, -0.2) is 38.4 Å². The number of imide groups is 1. The number of carbonyl (C=O) groups is 2. The summed E-state index contributed by atoms with van der Waals surface area (Å²) in [7, 11) is 4.57. The summed E-state index contributed by atoms with van der Waals surface area (Å²) < 4.78 is 16.1. The molecule has 0 saturated carbocycles. The number of para-hydroxylation sites is 1. The number of hydrogen-bond donors (Lipinski definition) is 0. The average Bonchev–Trinajstić information content (AvgIpc) is 2.96. The second kappa shape index (κ2) is 8.61. The van der Waals surface area contributed by atoms with Crippen molar-refractivity contribution in [2.75, 3.05) is 26.2 Å². The number of amides is 2. The van der Waals surface area contributed by atoms with Gasteiger partial charge < -0.3 is 14.2 Å². The normalized spacial score (nSPS) is 14.1. The fraction of sp³-hybridized carbons (Fsp3) is 0.273. The third-order valence-corrected chi connectivity index (χ3v) is 5.48. The minimum absolute atomic E-state index is 0.115. The van der Waals surface area contributed by atoms with E-state index >= 15 is 0 Å². The van der Waals surface area contributed by atoms with Crippen molar-refractivity contribution in [2.24, 2.45) is 0 Å². The predicted molar refractivity (Wildman–Crippen MR) is 115 cm³/mol. The van der Waals surface area contributed by atoms with Gasteiger partial charge in [-0.1, -0.05) is 32.0 Å². The third-order valence-electron chi connectivity index (χ3n) is 4.40. The van der Waals surface area contributed by atoms with Crippen molar-refractivity contribution >= 4 is 34.8 Å². The molecule has 152 valence electrons. The van der Waals surface area contributed by atoms with Crippen molar-refractivity contribution in [3.8, 4) is 17.2 Å². The fourth-order valence-corrected chi connectivity index (χ4v) is 4.11. The summed E-state index contributed by atoms with van der Waals surface area (Å²) in [5, 5.41) is 0.115. The number of ether oxygens (including phenoxy) is 3. The molecule has 0 spiro atoms. The molecule has 0 fully saturated rings. The first-order chi connectivity index (χ1) is 13.9. The smallest absolute Gasteiger partial charge is 0.272 e. The van der Waals surface area contributed by atoms with E-state index in [0.717, 1.165) is 4.90 Å². The summed E-state index contributed by atoms with van der Waals surface area (Å²) in [5.74, 6) is 0.693. The van der Waals surface area contributed by atoms with Crippen LogP contribution in [0.2, 0.25) is 0 Å². The maximum atomic E-state index is 13.5. The van der Waals surface area contributed by atoms with Gasteiger partial charge in [0.1, 0.15) is 17.2 Å². The molecule has 1 heterocycles. The standard InChI is InChI=1S/C22H23NO5S/c1-13(2)29-20-19(15-8-6-7-9-17(15)27-4)21(24)23(22(20)25)16-11-10-14(26-3)12-18(16)28-5/h6-13H,1-5H3. The van der Waals surface area contributed by atoms with Crippen LogP contribution in [0.3, 0.4) is 0 Å². The van der Waals surface area contributed by atoms with E-state index in [1.165, 1.54) is 18.9 Å². The van der Waals surface area contributed by atoms with Gasteiger partial charge in [0.15, 0.2) is 0 Å². The molecule has 3 rings (SSSR count). The van der Waals surface area contributed by atoms with Crippen molar-refractivity contribution < 1.29 is 23.8 Å². The molecule has 1 aliphatic heterocycles. The van der Waals surface area contributed by atoms with Crippen LogP contribution in [0.25, 0.3) is 5.57 Å². The topological polar surface area (TPSA) is 65.1 Å². The molecule has 0 radical (unpaired) electrons. The van der Waals surface area contributed by atoms with Crippen LogP contribution in [-0.2, 0) is 9.59 Å². The Balaban J connectivity index is 2.17. The van der Waals surface area contributed by atoms with Gasteiger partial charge >= 0.3 is 0 Å². The third kappa shape index (κ3) is 3.82. The predicted octanol–water partition coefficient (Wildman–Crippen LogP) is 4.14. The summed E-state index contributed by atoms with van der Waals surface area (Å²) in [6.45, 7) is 3.96. The molecule has 2 amide bonds. The molecule has 2 aromatic carbocycles. The Morgan fingerprint density at radius 1 is 0.862 bits per heavy atom. The highest BCUT2D eigenvalue weighted by Crippen LogP contribution is 2.44. The van der Waals surface area contributed by atoms with Crippen LogP contribution in [0, 0.1) is 0 Å². The molecule has 1 aliphatic rings. The molecule has 7 heteroatoms. The zero-order valence-corrected chi connectivity index (χ0v) is 17.8. The number of hydrogen-bond acceptors (Lipinski definition) is 6. The van der Waals surface area contributed by atoms with Gasteiger partial charge in [0.05, 0.1) is 37.5 Å². The Bertz CT molecular complexity index is 983. The molecule has 0 N–H and O–H groups in total. The van der Waals surface area contributed by atoms with Crippen LogP contribution in [0.5, 0.6) is 17.2 Å². The summed E-state index contributed by atoms with van der Waals surface area (Å²) in [5.41, 5.74) is 1.30. The molecule has 0 unspecified atom stereocenters. The number of carbonyl (C=O) groups excluding carboxylic acids is 2. The van der Waals surface area contributed by atoms with E-state index in [-0.39, 0.29) is 11.2 Å². The number of benzene rings is 2. The van der Waals surface area contributed by atoms with E-state index in [0.29, 0.717) is 39.0 Å². The number of nitrogens with zero attached hydrogens (tertiary/aromatic N) is 1. The Morgan fingerprint density at radius 3 is 2.17 bits per heavy atom. The average molecular weight is 413 g/mol. The molecule has 0 aromatic heterocycles. The van der Waals surface area contributed by atoms with E-state index in [1.807, 2.05) is 26.0 Å². The maximum Gasteiger partial charge on any atom is 0.272 e. The molecule has 0 bridgehead atoms.